The maximum Gasteiger partial charge on any atom is 0.243 e. The summed E-state index contributed by atoms with van der Waals surface area (Å²) in [7, 11) is 0. The SMILES string of the molecule is O=C(C=CCCC=Cc1ccccc1)NC1CC1. The summed E-state index contributed by atoms with van der Waals surface area (Å²) in [6.45, 7) is 0. The first-order valence-electron chi connectivity index (χ1n) is 6.53. The summed E-state index contributed by atoms with van der Waals surface area (Å²) in [5.41, 5.74) is 1.22. The average molecular weight is 241 g/mol. The van der Waals surface area contributed by atoms with Crippen molar-refractivity contribution in [3.63, 3.8) is 0 Å². The zero-order valence-electron chi connectivity index (χ0n) is 10.5. The van der Waals surface area contributed by atoms with E-state index in [0.717, 1.165) is 25.7 Å². The maximum absolute atomic E-state index is 11.3. The predicted octanol–water partition coefficient (Wildman–Crippen LogP) is 3.31. The van der Waals surface area contributed by atoms with Crippen molar-refractivity contribution in [2.75, 3.05) is 0 Å². The second-order valence-corrected chi connectivity index (χ2v) is 4.58. The molecule has 94 valence electrons. The van der Waals surface area contributed by atoms with Gasteiger partial charge in [-0.15, -0.1) is 0 Å². The Kier molecular flexibility index (Phi) is 4.77. The van der Waals surface area contributed by atoms with Crippen LogP contribution in [0, 0.1) is 0 Å². The van der Waals surface area contributed by atoms with E-state index in [4.69, 9.17) is 0 Å². The van der Waals surface area contributed by atoms with Crippen molar-refractivity contribution in [2.45, 2.75) is 31.7 Å². The van der Waals surface area contributed by atoms with Crippen molar-refractivity contribution in [3.05, 3.63) is 54.1 Å². The van der Waals surface area contributed by atoms with E-state index in [1.807, 2.05) is 24.3 Å². The summed E-state index contributed by atoms with van der Waals surface area (Å²) in [6.07, 6.45) is 12.0. The second kappa shape index (κ2) is 6.80. The molecule has 0 unspecified atom stereocenters. The number of nitrogens with one attached hydrogen (secondary N) is 1. The standard InChI is InChI=1S/C16H19NO/c18-16(17-15-12-13-15)11-7-2-1-4-8-14-9-5-3-6-10-14/h3-11,15H,1-2,12-13H2,(H,17,18). The van der Waals surface area contributed by atoms with Crippen molar-refractivity contribution in [1.82, 2.24) is 5.32 Å². The van der Waals surface area contributed by atoms with Gasteiger partial charge in [-0.25, -0.2) is 0 Å². The van der Waals surface area contributed by atoms with E-state index in [-0.39, 0.29) is 5.91 Å². The third-order valence-corrected chi connectivity index (χ3v) is 2.80. The first kappa shape index (κ1) is 12.6. The molecule has 2 nitrogen and oxygen atoms in total. The van der Waals surface area contributed by atoms with Crippen molar-refractivity contribution in [1.29, 1.82) is 0 Å². The van der Waals surface area contributed by atoms with Crippen molar-refractivity contribution < 1.29 is 4.79 Å². The molecular formula is C16H19NO. The lowest BCUT2D eigenvalue weighted by Crippen LogP contribution is -2.22. The van der Waals surface area contributed by atoms with Crippen LogP contribution in [-0.4, -0.2) is 11.9 Å². The van der Waals surface area contributed by atoms with Crippen LogP contribution in [0.2, 0.25) is 0 Å². The van der Waals surface area contributed by atoms with Gasteiger partial charge >= 0.3 is 0 Å². The van der Waals surface area contributed by atoms with Gasteiger partial charge in [0.1, 0.15) is 0 Å². The molecule has 1 aromatic rings. The normalized spacial score (nSPS) is 15.3. The van der Waals surface area contributed by atoms with E-state index in [1.54, 1.807) is 6.08 Å². The summed E-state index contributed by atoms with van der Waals surface area (Å²) >= 11 is 0. The van der Waals surface area contributed by atoms with E-state index in [2.05, 4.69) is 29.6 Å². The fourth-order valence-electron chi connectivity index (χ4n) is 1.64. The van der Waals surface area contributed by atoms with Crippen LogP contribution in [0.4, 0.5) is 0 Å². The van der Waals surface area contributed by atoms with E-state index in [1.165, 1.54) is 5.56 Å². The Morgan fingerprint density at radius 2 is 1.89 bits per heavy atom. The van der Waals surface area contributed by atoms with Crippen LogP contribution in [-0.2, 0) is 4.79 Å². The van der Waals surface area contributed by atoms with Gasteiger partial charge in [-0.2, -0.15) is 0 Å². The van der Waals surface area contributed by atoms with E-state index in [0.29, 0.717) is 6.04 Å². The van der Waals surface area contributed by atoms with Crippen LogP contribution in [0.3, 0.4) is 0 Å². The molecule has 1 aromatic carbocycles. The number of rotatable bonds is 6. The number of hydrogen-bond donors (Lipinski definition) is 1. The monoisotopic (exact) mass is 241 g/mol. The number of unbranched alkanes of at least 4 members (excludes halogenated alkanes) is 1. The summed E-state index contributed by atoms with van der Waals surface area (Å²) < 4.78 is 0. The Labute approximate surface area is 108 Å². The summed E-state index contributed by atoms with van der Waals surface area (Å²) in [4.78, 5) is 11.3. The highest BCUT2D eigenvalue weighted by Crippen LogP contribution is 2.18. The molecule has 1 saturated carbocycles. The number of hydrogen-bond acceptors (Lipinski definition) is 1. The van der Waals surface area contributed by atoms with Gasteiger partial charge in [0.15, 0.2) is 0 Å². The van der Waals surface area contributed by atoms with Crippen LogP contribution in [0.1, 0.15) is 31.2 Å². The Balaban J connectivity index is 1.61. The van der Waals surface area contributed by atoms with Gasteiger partial charge in [-0.05, 0) is 37.3 Å². The fourth-order valence-corrected chi connectivity index (χ4v) is 1.64. The smallest absolute Gasteiger partial charge is 0.243 e. The predicted molar refractivity (Wildman–Crippen MR) is 75.0 cm³/mol. The molecule has 0 aromatic heterocycles. The van der Waals surface area contributed by atoms with E-state index >= 15 is 0 Å². The molecule has 0 heterocycles. The molecule has 18 heavy (non-hydrogen) atoms. The van der Waals surface area contributed by atoms with Gasteiger partial charge in [0.05, 0.1) is 0 Å². The van der Waals surface area contributed by atoms with Gasteiger partial charge in [0, 0.05) is 6.04 Å². The lowest BCUT2D eigenvalue weighted by atomic mass is 10.2. The first-order valence-corrected chi connectivity index (χ1v) is 6.53. The lowest BCUT2D eigenvalue weighted by Gasteiger charge is -1.95. The topological polar surface area (TPSA) is 29.1 Å². The second-order valence-electron chi connectivity index (χ2n) is 4.58. The molecule has 1 aliphatic carbocycles. The highest BCUT2D eigenvalue weighted by atomic mass is 16.1. The molecule has 0 saturated heterocycles. The molecule has 1 N–H and O–H groups in total. The highest BCUT2D eigenvalue weighted by molar-refractivity contribution is 5.87. The van der Waals surface area contributed by atoms with Gasteiger partial charge in [0.2, 0.25) is 5.91 Å². The van der Waals surface area contributed by atoms with Crippen molar-refractivity contribution in [2.24, 2.45) is 0 Å². The van der Waals surface area contributed by atoms with Crippen LogP contribution < -0.4 is 5.32 Å². The molecule has 0 spiro atoms. The van der Waals surface area contributed by atoms with Crippen molar-refractivity contribution >= 4 is 12.0 Å². The number of amides is 1. The van der Waals surface area contributed by atoms with Gasteiger partial charge < -0.3 is 5.32 Å². The molecule has 1 amide bonds. The van der Waals surface area contributed by atoms with Gasteiger partial charge in [-0.3, -0.25) is 4.79 Å². The lowest BCUT2D eigenvalue weighted by molar-refractivity contribution is -0.116. The fraction of sp³-hybridized carbons (Fsp3) is 0.312. The molecular weight excluding hydrogens is 222 g/mol. The Hall–Kier alpha value is -1.83. The number of allylic oxidation sites excluding steroid dienone is 2. The van der Waals surface area contributed by atoms with Crippen LogP contribution in [0.25, 0.3) is 6.08 Å². The Bertz CT molecular complexity index is 430. The zero-order chi connectivity index (χ0) is 12.6. The van der Waals surface area contributed by atoms with E-state index < -0.39 is 0 Å². The molecule has 0 bridgehead atoms. The zero-order valence-corrected chi connectivity index (χ0v) is 10.5. The minimum atomic E-state index is 0.0459. The number of carbonyl (C=O) groups excluding carboxylic acids is 1. The number of benzene rings is 1. The Morgan fingerprint density at radius 3 is 2.61 bits per heavy atom. The highest BCUT2D eigenvalue weighted by Gasteiger charge is 2.21. The summed E-state index contributed by atoms with van der Waals surface area (Å²) in [5, 5.41) is 2.93. The van der Waals surface area contributed by atoms with Gasteiger partial charge in [-0.1, -0.05) is 48.6 Å². The molecule has 1 aliphatic rings. The maximum atomic E-state index is 11.3. The van der Waals surface area contributed by atoms with E-state index in [9.17, 15) is 4.79 Å². The van der Waals surface area contributed by atoms with Crippen LogP contribution in [0.15, 0.2) is 48.6 Å². The summed E-state index contributed by atoms with van der Waals surface area (Å²) in [5.74, 6) is 0.0459. The third-order valence-electron chi connectivity index (χ3n) is 2.80. The third kappa shape index (κ3) is 5.00. The van der Waals surface area contributed by atoms with Crippen molar-refractivity contribution in [3.8, 4) is 0 Å². The minimum absolute atomic E-state index is 0.0459. The minimum Gasteiger partial charge on any atom is -0.350 e. The quantitative estimate of drug-likeness (QED) is 0.601. The van der Waals surface area contributed by atoms with Crippen LogP contribution in [0.5, 0.6) is 0 Å². The Morgan fingerprint density at radius 1 is 1.17 bits per heavy atom. The first-order chi connectivity index (χ1) is 8.84. The molecule has 2 heteroatoms. The molecule has 2 rings (SSSR count). The summed E-state index contributed by atoms with van der Waals surface area (Å²) in [6, 6.07) is 10.7. The average Bonchev–Trinajstić information content (AvgIpc) is 3.19. The molecule has 0 aliphatic heterocycles. The molecule has 0 radical (unpaired) electrons. The van der Waals surface area contributed by atoms with Gasteiger partial charge in [0.25, 0.3) is 0 Å². The van der Waals surface area contributed by atoms with Crippen LogP contribution >= 0.6 is 0 Å². The largest absolute Gasteiger partial charge is 0.350 e. The molecule has 0 atom stereocenters. The molecule has 1 fully saturated rings. The number of carbonyl (C=O) groups is 1.